The number of nitrogens with one attached hydrogen (secondary N) is 2. The maximum atomic E-state index is 12.8. The summed E-state index contributed by atoms with van der Waals surface area (Å²) in [6, 6.07) is 22.7. The molecule has 0 spiro atoms. The predicted molar refractivity (Wildman–Crippen MR) is 144 cm³/mol. The Kier molecular flexibility index (Phi) is 6.15. The molecule has 1 saturated heterocycles. The first kappa shape index (κ1) is 22.6. The molecule has 1 atom stereocenters. The Balaban J connectivity index is 1.46. The lowest BCUT2D eigenvalue weighted by atomic mass is 10.1. The number of benzene rings is 3. The molecule has 172 valence electrons. The van der Waals surface area contributed by atoms with Crippen molar-refractivity contribution >= 4 is 51.9 Å². The predicted octanol–water partition coefficient (Wildman–Crippen LogP) is 6.87. The van der Waals surface area contributed by atoms with Gasteiger partial charge in [-0.2, -0.15) is 0 Å². The van der Waals surface area contributed by atoms with Gasteiger partial charge in [0, 0.05) is 39.4 Å². The first-order valence-electron chi connectivity index (χ1n) is 11.2. The minimum atomic E-state index is -0.237. The molecule has 6 heteroatoms. The zero-order valence-corrected chi connectivity index (χ0v) is 20.9. The van der Waals surface area contributed by atoms with Crippen molar-refractivity contribution in [2.75, 3.05) is 5.32 Å². The number of halogens is 1. The van der Waals surface area contributed by atoms with E-state index < -0.39 is 0 Å². The molecule has 1 fully saturated rings. The average molecular weight is 488 g/mol. The first-order valence-corrected chi connectivity index (χ1v) is 12.5. The van der Waals surface area contributed by atoms with Crippen LogP contribution < -0.4 is 10.6 Å². The monoisotopic (exact) mass is 487 g/mol. The molecule has 3 aromatic carbocycles. The summed E-state index contributed by atoms with van der Waals surface area (Å²) in [5.74, 6) is -0.0657. The van der Waals surface area contributed by atoms with E-state index in [1.54, 1.807) is 0 Å². The highest BCUT2D eigenvalue weighted by molar-refractivity contribution is 8.05. The number of carbonyl (C=O) groups excluding carboxylic acids is 1. The standard InChI is InChI=1S/C28H26ClN3OS/c1-17-7-6-8-20(13-17)16-32-19(3)23(22-9-4-5-10-25(22)32)15-26-27(33)31-28(34-26)30-24-12-11-21(29)14-18(24)2/h4-15,28,30H,16H2,1-3H3,(H,31,33)/b26-15-. The van der Waals surface area contributed by atoms with Crippen LogP contribution in [-0.2, 0) is 11.3 Å². The largest absolute Gasteiger partial charge is 0.356 e. The molecule has 4 nitrogen and oxygen atoms in total. The van der Waals surface area contributed by atoms with Gasteiger partial charge in [0.15, 0.2) is 5.50 Å². The summed E-state index contributed by atoms with van der Waals surface area (Å²) in [5, 5.41) is 8.29. The molecule has 0 aliphatic carbocycles. The van der Waals surface area contributed by atoms with E-state index in [9.17, 15) is 4.79 Å². The van der Waals surface area contributed by atoms with Crippen LogP contribution in [0.25, 0.3) is 17.0 Å². The minimum Gasteiger partial charge on any atom is -0.356 e. The van der Waals surface area contributed by atoms with Gasteiger partial charge in [-0.15, -0.1) is 0 Å². The molecule has 0 saturated carbocycles. The van der Waals surface area contributed by atoms with Crippen LogP contribution in [0.15, 0.2) is 71.6 Å². The molecule has 34 heavy (non-hydrogen) atoms. The summed E-state index contributed by atoms with van der Waals surface area (Å²) in [5.41, 5.74) is 7.67. The third-order valence-corrected chi connectivity index (χ3v) is 7.45. The van der Waals surface area contributed by atoms with Crippen molar-refractivity contribution in [3.05, 3.63) is 105 Å². The summed E-state index contributed by atoms with van der Waals surface area (Å²) in [6.45, 7) is 7.04. The SMILES string of the molecule is Cc1cccc(Cn2c(C)c(/C=C3\SC(Nc4ccc(Cl)cc4C)NC3=O)c3ccccc32)c1. The molecule has 5 rings (SSSR count). The molecule has 1 aromatic heterocycles. The average Bonchev–Trinajstić information content (AvgIpc) is 3.28. The van der Waals surface area contributed by atoms with Gasteiger partial charge < -0.3 is 15.2 Å². The van der Waals surface area contributed by atoms with E-state index in [-0.39, 0.29) is 11.4 Å². The van der Waals surface area contributed by atoms with E-state index in [1.165, 1.54) is 28.4 Å². The Morgan fingerprint density at radius 1 is 1.06 bits per heavy atom. The molecule has 1 aliphatic heterocycles. The maximum Gasteiger partial charge on any atom is 0.260 e. The number of amides is 1. The number of anilines is 1. The smallest absolute Gasteiger partial charge is 0.260 e. The quantitative estimate of drug-likeness (QED) is 0.302. The number of rotatable bonds is 5. The Morgan fingerprint density at radius 2 is 1.88 bits per heavy atom. The number of aryl methyl sites for hydroxylation is 2. The molecule has 1 aliphatic rings. The summed E-state index contributed by atoms with van der Waals surface area (Å²) >= 11 is 7.58. The van der Waals surface area contributed by atoms with Gasteiger partial charge in [0.1, 0.15) is 0 Å². The van der Waals surface area contributed by atoms with Gasteiger partial charge in [0.05, 0.1) is 4.91 Å². The van der Waals surface area contributed by atoms with Crippen molar-refractivity contribution in [1.82, 2.24) is 9.88 Å². The number of hydrogen-bond donors (Lipinski definition) is 2. The van der Waals surface area contributed by atoms with Crippen molar-refractivity contribution in [2.24, 2.45) is 0 Å². The second kappa shape index (κ2) is 9.24. The van der Waals surface area contributed by atoms with Crippen molar-refractivity contribution < 1.29 is 4.79 Å². The van der Waals surface area contributed by atoms with Crippen molar-refractivity contribution in [1.29, 1.82) is 0 Å². The second-order valence-corrected chi connectivity index (χ2v) is 10.3. The van der Waals surface area contributed by atoms with Crippen LogP contribution in [0, 0.1) is 20.8 Å². The lowest BCUT2D eigenvalue weighted by Crippen LogP contribution is -2.31. The molecule has 2 heterocycles. The molecule has 1 unspecified atom stereocenters. The number of fused-ring (bicyclic) bond motifs is 1. The number of thioether (sulfide) groups is 1. The fourth-order valence-corrected chi connectivity index (χ4v) is 5.65. The third kappa shape index (κ3) is 4.46. The van der Waals surface area contributed by atoms with E-state index in [0.29, 0.717) is 9.93 Å². The maximum absolute atomic E-state index is 12.8. The highest BCUT2D eigenvalue weighted by Gasteiger charge is 2.28. The zero-order chi connectivity index (χ0) is 23.8. The van der Waals surface area contributed by atoms with Crippen LogP contribution in [0.3, 0.4) is 0 Å². The van der Waals surface area contributed by atoms with Crippen LogP contribution in [-0.4, -0.2) is 16.0 Å². The Hall–Kier alpha value is -3.15. The molecule has 0 bridgehead atoms. The fourth-order valence-electron chi connectivity index (χ4n) is 4.46. The van der Waals surface area contributed by atoms with Gasteiger partial charge in [-0.25, -0.2) is 0 Å². The van der Waals surface area contributed by atoms with Crippen LogP contribution in [0.5, 0.6) is 0 Å². The Bertz CT molecular complexity index is 1440. The zero-order valence-electron chi connectivity index (χ0n) is 19.4. The molecule has 1 amide bonds. The third-order valence-electron chi connectivity index (χ3n) is 6.18. The number of nitrogens with zero attached hydrogens (tertiary/aromatic N) is 1. The number of para-hydroxylation sites is 1. The van der Waals surface area contributed by atoms with Gasteiger partial charge in [-0.1, -0.05) is 71.4 Å². The van der Waals surface area contributed by atoms with Gasteiger partial charge in [0.2, 0.25) is 0 Å². The van der Waals surface area contributed by atoms with Crippen molar-refractivity contribution in [2.45, 2.75) is 32.8 Å². The molecule has 4 aromatic rings. The number of carbonyl (C=O) groups is 1. The van der Waals surface area contributed by atoms with Crippen LogP contribution in [0.2, 0.25) is 5.02 Å². The molecular formula is C28H26ClN3OS. The molecular weight excluding hydrogens is 462 g/mol. The summed E-state index contributed by atoms with van der Waals surface area (Å²) in [7, 11) is 0. The van der Waals surface area contributed by atoms with E-state index in [4.69, 9.17) is 11.6 Å². The van der Waals surface area contributed by atoms with Crippen molar-refractivity contribution in [3.63, 3.8) is 0 Å². The summed E-state index contributed by atoms with van der Waals surface area (Å²) < 4.78 is 2.33. The Labute approximate surface area is 209 Å². The summed E-state index contributed by atoms with van der Waals surface area (Å²) in [4.78, 5) is 13.5. The molecule has 0 radical (unpaired) electrons. The highest BCUT2D eigenvalue weighted by atomic mass is 35.5. The minimum absolute atomic E-state index is 0.0657. The first-order chi connectivity index (χ1) is 16.4. The van der Waals surface area contributed by atoms with E-state index >= 15 is 0 Å². The van der Waals surface area contributed by atoms with E-state index in [2.05, 4.69) is 77.6 Å². The van der Waals surface area contributed by atoms with Gasteiger partial charge in [-0.3, -0.25) is 4.79 Å². The van der Waals surface area contributed by atoms with Crippen LogP contribution in [0.1, 0.15) is 27.9 Å². The Morgan fingerprint density at radius 3 is 2.68 bits per heavy atom. The highest BCUT2D eigenvalue weighted by Crippen LogP contribution is 2.35. The fraction of sp³-hybridized carbons (Fsp3) is 0.179. The topological polar surface area (TPSA) is 46.1 Å². The normalized spacial score (nSPS) is 16.9. The second-order valence-electron chi connectivity index (χ2n) is 8.67. The van der Waals surface area contributed by atoms with Gasteiger partial charge in [-0.05, 0) is 62.2 Å². The van der Waals surface area contributed by atoms with Crippen LogP contribution >= 0.6 is 23.4 Å². The number of hydrogen-bond acceptors (Lipinski definition) is 3. The van der Waals surface area contributed by atoms with Gasteiger partial charge in [0.25, 0.3) is 5.91 Å². The van der Waals surface area contributed by atoms with Crippen LogP contribution in [0.4, 0.5) is 5.69 Å². The van der Waals surface area contributed by atoms with E-state index in [1.807, 2.05) is 31.2 Å². The van der Waals surface area contributed by atoms with E-state index in [0.717, 1.165) is 34.4 Å². The summed E-state index contributed by atoms with van der Waals surface area (Å²) in [6.07, 6.45) is 2.03. The van der Waals surface area contributed by atoms with Gasteiger partial charge >= 0.3 is 0 Å². The lowest BCUT2D eigenvalue weighted by Gasteiger charge is -2.15. The molecule has 2 N–H and O–H groups in total. The number of aromatic nitrogens is 1. The lowest BCUT2D eigenvalue weighted by molar-refractivity contribution is -0.116. The van der Waals surface area contributed by atoms with Crippen molar-refractivity contribution in [3.8, 4) is 0 Å².